The van der Waals surface area contributed by atoms with Gasteiger partial charge in [-0.05, 0) is 43.6 Å². The SMILES string of the molecule is CCCc1nnsc1C(=O)NC1CCC(Br)CC1. The first kappa shape index (κ1) is 13.9. The second-order valence-electron chi connectivity index (χ2n) is 4.72. The highest BCUT2D eigenvalue weighted by atomic mass is 79.9. The van der Waals surface area contributed by atoms with Crippen LogP contribution in [0.25, 0.3) is 0 Å². The van der Waals surface area contributed by atoms with Gasteiger partial charge in [0.2, 0.25) is 0 Å². The molecule has 18 heavy (non-hydrogen) atoms. The minimum Gasteiger partial charge on any atom is -0.349 e. The first-order valence-corrected chi connectivity index (χ1v) is 8.15. The van der Waals surface area contributed by atoms with Crippen LogP contribution in [0.2, 0.25) is 0 Å². The molecule has 0 radical (unpaired) electrons. The highest BCUT2D eigenvalue weighted by Crippen LogP contribution is 2.24. The summed E-state index contributed by atoms with van der Waals surface area (Å²) in [5.74, 6) is 0.00599. The number of halogens is 1. The smallest absolute Gasteiger partial charge is 0.265 e. The molecular formula is C12H18BrN3OS. The van der Waals surface area contributed by atoms with E-state index in [1.807, 2.05) is 0 Å². The maximum absolute atomic E-state index is 12.2. The molecule has 1 aliphatic rings. The van der Waals surface area contributed by atoms with E-state index in [1.165, 1.54) is 11.5 Å². The third-order valence-corrected chi connectivity index (χ3v) is 4.92. The Kier molecular flexibility index (Phi) is 5.12. The van der Waals surface area contributed by atoms with Crippen molar-refractivity contribution in [3.8, 4) is 0 Å². The number of rotatable bonds is 4. The van der Waals surface area contributed by atoms with Crippen molar-refractivity contribution in [3.05, 3.63) is 10.6 Å². The summed E-state index contributed by atoms with van der Waals surface area (Å²) in [5, 5.41) is 7.14. The van der Waals surface area contributed by atoms with Gasteiger partial charge >= 0.3 is 0 Å². The zero-order valence-corrected chi connectivity index (χ0v) is 12.9. The molecule has 1 amide bonds. The normalized spacial score (nSPS) is 23.9. The minimum absolute atomic E-state index is 0.00599. The van der Waals surface area contributed by atoms with E-state index in [1.54, 1.807) is 0 Å². The van der Waals surface area contributed by atoms with Gasteiger partial charge in [-0.1, -0.05) is 33.8 Å². The molecule has 1 aromatic rings. The third kappa shape index (κ3) is 3.51. The number of nitrogens with zero attached hydrogens (tertiary/aromatic N) is 2. The Morgan fingerprint density at radius 1 is 1.44 bits per heavy atom. The van der Waals surface area contributed by atoms with Gasteiger partial charge in [0.25, 0.3) is 5.91 Å². The monoisotopic (exact) mass is 331 g/mol. The summed E-state index contributed by atoms with van der Waals surface area (Å²) in [7, 11) is 0. The van der Waals surface area contributed by atoms with Gasteiger partial charge in [-0.15, -0.1) is 5.10 Å². The lowest BCUT2D eigenvalue weighted by atomic mass is 9.95. The summed E-state index contributed by atoms with van der Waals surface area (Å²) in [5.41, 5.74) is 0.842. The molecule has 100 valence electrons. The van der Waals surface area contributed by atoms with E-state index in [0.717, 1.165) is 44.2 Å². The molecular weight excluding hydrogens is 314 g/mol. The molecule has 1 heterocycles. The lowest BCUT2D eigenvalue weighted by Crippen LogP contribution is -2.37. The van der Waals surface area contributed by atoms with Crippen LogP contribution in [0.4, 0.5) is 0 Å². The van der Waals surface area contributed by atoms with Crippen molar-refractivity contribution < 1.29 is 4.79 Å². The van der Waals surface area contributed by atoms with Crippen LogP contribution in [0.15, 0.2) is 0 Å². The number of carbonyl (C=O) groups excluding carboxylic acids is 1. The zero-order valence-electron chi connectivity index (χ0n) is 10.5. The van der Waals surface area contributed by atoms with Crippen molar-refractivity contribution in [3.63, 3.8) is 0 Å². The van der Waals surface area contributed by atoms with Crippen molar-refractivity contribution in [2.45, 2.75) is 56.3 Å². The predicted molar refractivity (Wildman–Crippen MR) is 76.3 cm³/mol. The number of hydrogen-bond acceptors (Lipinski definition) is 4. The van der Waals surface area contributed by atoms with Crippen LogP contribution >= 0.6 is 27.5 Å². The first-order chi connectivity index (χ1) is 8.70. The molecule has 2 rings (SSSR count). The summed E-state index contributed by atoms with van der Waals surface area (Å²) in [6, 6.07) is 0.308. The quantitative estimate of drug-likeness (QED) is 0.863. The summed E-state index contributed by atoms with van der Waals surface area (Å²) in [6.45, 7) is 2.08. The van der Waals surface area contributed by atoms with E-state index in [4.69, 9.17) is 0 Å². The molecule has 0 aliphatic heterocycles. The van der Waals surface area contributed by atoms with Gasteiger partial charge in [0.05, 0.1) is 5.69 Å². The van der Waals surface area contributed by atoms with Crippen LogP contribution < -0.4 is 5.32 Å². The van der Waals surface area contributed by atoms with E-state index in [9.17, 15) is 4.79 Å². The Balaban J connectivity index is 1.93. The van der Waals surface area contributed by atoms with Gasteiger partial charge in [0.1, 0.15) is 4.88 Å². The van der Waals surface area contributed by atoms with E-state index in [-0.39, 0.29) is 5.91 Å². The fraction of sp³-hybridized carbons (Fsp3) is 0.750. The third-order valence-electron chi connectivity index (χ3n) is 3.24. The predicted octanol–water partition coefficient (Wildman–Crippen LogP) is 2.93. The van der Waals surface area contributed by atoms with Crippen LogP contribution in [0.3, 0.4) is 0 Å². The Bertz CT molecular complexity index is 402. The standard InChI is InChI=1S/C12H18BrN3OS/c1-2-3-10-11(18-16-15-10)12(17)14-9-6-4-8(13)5-7-9/h8-9H,2-7H2,1H3,(H,14,17). The van der Waals surface area contributed by atoms with Gasteiger partial charge in [0, 0.05) is 10.9 Å². The van der Waals surface area contributed by atoms with Crippen molar-refractivity contribution in [1.82, 2.24) is 14.9 Å². The van der Waals surface area contributed by atoms with Crippen LogP contribution in [-0.2, 0) is 6.42 Å². The number of alkyl halides is 1. The number of amides is 1. The van der Waals surface area contributed by atoms with Crippen LogP contribution in [0, 0.1) is 0 Å². The highest BCUT2D eigenvalue weighted by Gasteiger charge is 2.23. The molecule has 1 saturated carbocycles. The maximum Gasteiger partial charge on any atom is 0.265 e. The molecule has 6 heteroatoms. The second kappa shape index (κ2) is 6.61. The molecule has 0 saturated heterocycles. The van der Waals surface area contributed by atoms with Gasteiger partial charge in [0.15, 0.2) is 0 Å². The Morgan fingerprint density at radius 3 is 2.83 bits per heavy atom. The molecule has 0 unspecified atom stereocenters. The highest BCUT2D eigenvalue weighted by molar-refractivity contribution is 9.09. The molecule has 0 bridgehead atoms. The largest absolute Gasteiger partial charge is 0.349 e. The summed E-state index contributed by atoms with van der Waals surface area (Å²) in [4.78, 5) is 13.5. The average molecular weight is 332 g/mol. The van der Waals surface area contributed by atoms with Crippen LogP contribution in [-0.4, -0.2) is 26.4 Å². The van der Waals surface area contributed by atoms with E-state index in [0.29, 0.717) is 15.7 Å². The molecule has 1 aromatic heterocycles. The van der Waals surface area contributed by atoms with Crippen molar-refractivity contribution in [2.75, 3.05) is 0 Å². The number of aryl methyl sites for hydroxylation is 1. The van der Waals surface area contributed by atoms with Crippen molar-refractivity contribution in [1.29, 1.82) is 0 Å². The van der Waals surface area contributed by atoms with Crippen LogP contribution in [0.1, 0.15) is 54.4 Å². The summed E-state index contributed by atoms with van der Waals surface area (Å²) < 4.78 is 3.89. The second-order valence-corrected chi connectivity index (χ2v) is 6.77. The molecule has 1 N–H and O–H groups in total. The number of carbonyl (C=O) groups is 1. The molecule has 4 nitrogen and oxygen atoms in total. The van der Waals surface area contributed by atoms with Gasteiger partial charge in [-0.2, -0.15) is 0 Å². The van der Waals surface area contributed by atoms with Gasteiger partial charge in [-0.25, -0.2) is 0 Å². The molecule has 1 fully saturated rings. The first-order valence-electron chi connectivity index (χ1n) is 6.46. The lowest BCUT2D eigenvalue weighted by Gasteiger charge is -2.25. The van der Waals surface area contributed by atoms with Gasteiger partial charge in [-0.3, -0.25) is 4.79 Å². The number of nitrogens with one attached hydrogen (secondary N) is 1. The fourth-order valence-corrected chi connectivity index (χ4v) is 3.37. The Hall–Kier alpha value is -0.490. The van der Waals surface area contributed by atoms with E-state index >= 15 is 0 Å². The topological polar surface area (TPSA) is 54.9 Å². The van der Waals surface area contributed by atoms with Crippen molar-refractivity contribution in [2.24, 2.45) is 0 Å². The van der Waals surface area contributed by atoms with Crippen molar-refractivity contribution >= 4 is 33.4 Å². The van der Waals surface area contributed by atoms with Gasteiger partial charge < -0.3 is 5.32 Å². The fourth-order valence-electron chi connectivity index (χ4n) is 2.23. The Labute approximate surface area is 120 Å². The summed E-state index contributed by atoms with van der Waals surface area (Å²) in [6.07, 6.45) is 6.18. The molecule has 0 aromatic carbocycles. The average Bonchev–Trinajstić information content (AvgIpc) is 2.81. The molecule has 0 spiro atoms. The number of aromatic nitrogens is 2. The Morgan fingerprint density at radius 2 is 2.17 bits per heavy atom. The zero-order chi connectivity index (χ0) is 13.0. The van der Waals surface area contributed by atoms with Crippen LogP contribution in [0.5, 0.6) is 0 Å². The molecule has 1 aliphatic carbocycles. The maximum atomic E-state index is 12.2. The lowest BCUT2D eigenvalue weighted by molar-refractivity contribution is 0.0931. The van der Waals surface area contributed by atoms with E-state index in [2.05, 4.69) is 37.8 Å². The molecule has 0 atom stereocenters. The summed E-state index contributed by atoms with van der Waals surface area (Å²) >= 11 is 4.83. The van der Waals surface area contributed by atoms with E-state index < -0.39 is 0 Å². The minimum atomic E-state index is 0.00599. The number of hydrogen-bond donors (Lipinski definition) is 1.